The van der Waals surface area contributed by atoms with Crippen LogP contribution in [0, 0.1) is 0 Å². The van der Waals surface area contributed by atoms with E-state index < -0.39 is 0 Å². The Balaban J connectivity index is 1.32. The summed E-state index contributed by atoms with van der Waals surface area (Å²) in [6, 6.07) is 22.8. The Morgan fingerprint density at radius 2 is 1.82 bits per heavy atom. The SMILES string of the molecule is CN1C(=O)c2ccccc2Sc2cc(-c3noc(CNC(=O)Cc4ccccc4)n3)ccc21. The van der Waals surface area contributed by atoms with E-state index in [1.165, 1.54) is 11.8 Å². The first kappa shape index (κ1) is 21.0. The molecule has 0 unspecified atom stereocenters. The Morgan fingerprint density at radius 3 is 2.67 bits per heavy atom. The molecule has 0 saturated heterocycles. The van der Waals surface area contributed by atoms with Gasteiger partial charge in [0.05, 0.1) is 24.2 Å². The van der Waals surface area contributed by atoms with Crippen LogP contribution in [0.15, 0.2) is 87.1 Å². The van der Waals surface area contributed by atoms with Crippen LogP contribution in [0.1, 0.15) is 21.8 Å². The van der Waals surface area contributed by atoms with Crippen LogP contribution >= 0.6 is 11.8 Å². The largest absolute Gasteiger partial charge is 0.347 e. The third-order valence-corrected chi connectivity index (χ3v) is 6.46. The minimum atomic E-state index is -0.117. The molecule has 4 aromatic rings. The molecule has 164 valence electrons. The number of aromatic nitrogens is 2. The number of rotatable bonds is 5. The normalized spacial score (nSPS) is 12.6. The first-order valence-corrected chi connectivity index (χ1v) is 11.2. The van der Waals surface area contributed by atoms with Gasteiger partial charge in [-0.2, -0.15) is 4.98 Å². The van der Waals surface area contributed by atoms with Crippen molar-refractivity contribution in [2.45, 2.75) is 22.8 Å². The summed E-state index contributed by atoms with van der Waals surface area (Å²) in [6.45, 7) is 0.156. The fraction of sp³-hybridized carbons (Fsp3) is 0.120. The van der Waals surface area contributed by atoms with Crippen molar-refractivity contribution in [3.05, 3.63) is 89.8 Å². The maximum absolute atomic E-state index is 12.8. The molecular weight excluding hydrogens is 436 g/mol. The van der Waals surface area contributed by atoms with Gasteiger partial charge in [0.1, 0.15) is 0 Å². The minimum absolute atomic E-state index is 0.0438. The highest BCUT2D eigenvalue weighted by Crippen LogP contribution is 2.42. The molecule has 33 heavy (non-hydrogen) atoms. The second-order valence-corrected chi connectivity index (χ2v) is 8.68. The number of hydrogen-bond donors (Lipinski definition) is 1. The van der Waals surface area contributed by atoms with Gasteiger partial charge in [-0.15, -0.1) is 0 Å². The zero-order valence-electron chi connectivity index (χ0n) is 17.8. The summed E-state index contributed by atoms with van der Waals surface area (Å²) >= 11 is 1.54. The number of nitrogens with zero attached hydrogens (tertiary/aromatic N) is 3. The number of fused-ring (bicyclic) bond motifs is 2. The molecule has 8 heteroatoms. The standard InChI is InChI=1S/C25H20N4O3S/c1-29-19-12-11-17(14-21(19)33-20-10-6-5-9-18(20)25(29)31)24-27-23(32-28-24)15-26-22(30)13-16-7-3-2-4-8-16/h2-12,14H,13,15H2,1H3,(H,26,30). The molecular formula is C25H20N4O3S. The van der Waals surface area contributed by atoms with Gasteiger partial charge in [0.2, 0.25) is 17.6 Å². The van der Waals surface area contributed by atoms with Crippen LogP contribution in [0.4, 0.5) is 5.69 Å². The first-order chi connectivity index (χ1) is 16.1. The first-order valence-electron chi connectivity index (χ1n) is 10.4. The lowest BCUT2D eigenvalue weighted by Crippen LogP contribution is -2.25. The number of benzene rings is 3. The van der Waals surface area contributed by atoms with Crippen LogP contribution < -0.4 is 10.2 Å². The molecule has 1 N–H and O–H groups in total. The fourth-order valence-electron chi connectivity index (χ4n) is 3.61. The molecule has 1 aliphatic heterocycles. The van der Waals surface area contributed by atoms with Gasteiger partial charge in [-0.05, 0) is 35.9 Å². The summed E-state index contributed by atoms with van der Waals surface area (Å²) in [6.07, 6.45) is 0.289. The third kappa shape index (κ3) is 4.38. The second-order valence-electron chi connectivity index (χ2n) is 7.60. The van der Waals surface area contributed by atoms with Gasteiger partial charge in [-0.25, -0.2) is 0 Å². The van der Waals surface area contributed by atoms with Gasteiger partial charge in [0.25, 0.3) is 5.91 Å². The van der Waals surface area contributed by atoms with Crippen molar-refractivity contribution in [1.29, 1.82) is 0 Å². The molecule has 0 aliphatic carbocycles. The fourth-order valence-corrected chi connectivity index (χ4v) is 4.76. The van der Waals surface area contributed by atoms with Gasteiger partial charge in [-0.1, -0.05) is 59.4 Å². The Bertz CT molecular complexity index is 1340. The van der Waals surface area contributed by atoms with Crippen molar-refractivity contribution < 1.29 is 14.1 Å². The molecule has 3 aromatic carbocycles. The van der Waals surface area contributed by atoms with E-state index in [4.69, 9.17) is 4.52 Å². The third-order valence-electron chi connectivity index (χ3n) is 5.33. The van der Waals surface area contributed by atoms with Crippen molar-refractivity contribution in [3.8, 4) is 11.4 Å². The summed E-state index contributed by atoms with van der Waals surface area (Å²) in [5, 5.41) is 6.88. The van der Waals surface area contributed by atoms with Crippen molar-refractivity contribution in [3.63, 3.8) is 0 Å². The lowest BCUT2D eigenvalue weighted by atomic mass is 10.1. The van der Waals surface area contributed by atoms with Crippen LogP contribution in [-0.2, 0) is 17.8 Å². The average Bonchev–Trinajstić information content (AvgIpc) is 3.28. The Kier molecular flexibility index (Phi) is 5.66. The summed E-state index contributed by atoms with van der Waals surface area (Å²) in [4.78, 5) is 32.9. The highest BCUT2D eigenvalue weighted by molar-refractivity contribution is 7.99. The quantitative estimate of drug-likeness (QED) is 0.481. The van der Waals surface area contributed by atoms with Crippen LogP contribution in [-0.4, -0.2) is 29.0 Å². The van der Waals surface area contributed by atoms with E-state index in [0.29, 0.717) is 17.3 Å². The van der Waals surface area contributed by atoms with Crippen molar-refractivity contribution in [2.24, 2.45) is 0 Å². The monoisotopic (exact) mass is 456 g/mol. The van der Waals surface area contributed by atoms with Gasteiger partial charge < -0.3 is 14.7 Å². The van der Waals surface area contributed by atoms with Crippen molar-refractivity contribution in [1.82, 2.24) is 15.5 Å². The molecule has 0 bridgehead atoms. The van der Waals surface area contributed by atoms with Crippen molar-refractivity contribution >= 4 is 29.3 Å². The number of hydrogen-bond acceptors (Lipinski definition) is 6. The highest BCUT2D eigenvalue weighted by Gasteiger charge is 2.25. The molecule has 7 nitrogen and oxygen atoms in total. The maximum Gasteiger partial charge on any atom is 0.259 e. The number of carbonyl (C=O) groups excluding carboxylic acids is 2. The van der Waals surface area contributed by atoms with E-state index in [0.717, 1.165) is 26.6 Å². The molecule has 2 heterocycles. The Morgan fingerprint density at radius 1 is 1.03 bits per heavy atom. The van der Waals surface area contributed by atoms with E-state index in [1.807, 2.05) is 72.8 Å². The second kappa shape index (κ2) is 8.91. The molecule has 0 atom stereocenters. The highest BCUT2D eigenvalue weighted by atomic mass is 32.2. The maximum atomic E-state index is 12.8. The van der Waals surface area contributed by atoms with E-state index in [2.05, 4.69) is 15.5 Å². The van der Waals surface area contributed by atoms with Gasteiger partial charge in [0.15, 0.2) is 0 Å². The predicted molar refractivity (Wildman–Crippen MR) is 125 cm³/mol. The minimum Gasteiger partial charge on any atom is -0.347 e. The molecule has 1 aromatic heterocycles. The van der Waals surface area contributed by atoms with Gasteiger partial charge in [-0.3, -0.25) is 9.59 Å². The number of nitrogens with one attached hydrogen (secondary N) is 1. The summed E-state index contributed by atoms with van der Waals surface area (Å²) in [5.41, 5.74) is 3.21. The molecule has 5 rings (SSSR count). The van der Waals surface area contributed by atoms with Crippen LogP contribution in [0.2, 0.25) is 0 Å². The lowest BCUT2D eigenvalue weighted by Gasteiger charge is -2.17. The van der Waals surface area contributed by atoms with E-state index in [9.17, 15) is 9.59 Å². The zero-order valence-corrected chi connectivity index (χ0v) is 18.6. The van der Waals surface area contributed by atoms with Gasteiger partial charge in [0, 0.05) is 22.4 Å². The van der Waals surface area contributed by atoms with Crippen LogP contribution in [0.5, 0.6) is 0 Å². The number of carbonyl (C=O) groups is 2. The number of amides is 2. The topological polar surface area (TPSA) is 88.3 Å². The molecule has 0 fully saturated rings. The summed E-state index contributed by atoms with van der Waals surface area (Å²) < 4.78 is 5.34. The number of anilines is 1. The van der Waals surface area contributed by atoms with E-state index >= 15 is 0 Å². The van der Waals surface area contributed by atoms with E-state index in [1.54, 1.807) is 11.9 Å². The molecule has 1 aliphatic rings. The zero-order chi connectivity index (χ0) is 22.8. The molecule has 0 radical (unpaired) electrons. The Labute approximate surface area is 194 Å². The van der Waals surface area contributed by atoms with E-state index in [-0.39, 0.29) is 24.8 Å². The van der Waals surface area contributed by atoms with Crippen LogP contribution in [0.25, 0.3) is 11.4 Å². The van der Waals surface area contributed by atoms with Crippen LogP contribution in [0.3, 0.4) is 0 Å². The predicted octanol–water partition coefficient (Wildman–Crippen LogP) is 4.34. The van der Waals surface area contributed by atoms with Gasteiger partial charge >= 0.3 is 0 Å². The molecule has 0 spiro atoms. The average molecular weight is 457 g/mol. The molecule has 2 amide bonds. The summed E-state index contributed by atoms with van der Waals surface area (Å²) in [5.74, 6) is 0.593. The molecule has 0 saturated carbocycles. The smallest absolute Gasteiger partial charge is 0.259 e. The lowest BCUT2D eigenvalue weighted by molar-refractivity contribution is -0.120. The van der Waals surface area contributed by atoms with Crippen molar-refractivity contribution in [2.75, 3.05) is 11.9 Å². The summed E-state index contributed by atoms with van der Waals surface area (Å²) in [7, 11) is 1.77. The Hall–Kier alpha value is -3.91.